The molecule has 0 bridgehead atoms. The zero-order valence-corrected chi connectivity index (χ0v) is 13.6. The van der Waals surface area contributed by atoms with Crippen LogP contribution in [0.25, 0.3) is 0 Å². The van der Waals surface area contributed by atoms with Gasteiger partial charge >= 0.3 is 5.97 Å². The number of allylic oxidation sites excluding steroid dienone is 1. The summed E-state index contributed by atoms with van der Waals surface area (Å²) >= 11 is 0. The van der Waals surface area contributed by atoms with E-state index in [1.165, 1.54) is 0 Å². The molecule has 1 saturated heterocycles. The van der Waals surface area contributed by atoms with Crippen LogP contribution in [0.2, 0.25) is 0 Å². The second-order valence-electron chi connectivity index (χ2n) is 6.74. The number of carboxylic acid groups (broad SMARTS) is 1. The normalized spacial score (nSPS) is 18.6. The minimum absolute atomic E-state index is 0.00738. The van der Waals surface area contributed by atoms with Crippen LogP contribution in [-0.2, 0) is 4.79 Å². The van der Waals surface area contributed by atoms with Gasteiger partial charge in [-0.05, 0) is 17.5 Å². The Morgan fingerprint density at radius 2 is 1.82 bits per heavy atom. The molecule has 5 heteroatoms. The first-order valence-electron chi connectivity index (χ1n) is 7.68. The quantitative estimate of drug-likeness (QED) is 0.865. The first-order valence-corrected chi connectivity index (χ1v) is 7.68. The summed E-state index contributed by atoms with van der Waals surface area (Å²) in [5, 5.41) is 9.49. The van der Waals surface area contributed by atoms with E-state index in [0.29, 0.717) is 0 Å². The predicted molar refractivity (Wildman–Crippen MR) is 88.0 cm³/mol. The van der Waals surface area contributed by atoms with Crippen molar-refractivity contribution in [3.63, 3.8) is 0 Å². The van der Waals surface area contributed by atoms with E-state index in [9.17, 15) is 9.90 Å². The summed E-state index contributed by atoms with van der Waals surface area (Å²) in [6, 6.07) is 3.44. The molecule has 5 nitrogen and oxygen atoms in total. The number of rotatable bonds is 4. The van der Waals surface area contributed by atoms with Gasteiger partial charge in [0.2, 0.25) is 0 Å². The molecule has 0 aliphatic carbocycles. The third-order valence-corrected chi connectivity index (χ3v) is 3.77. The van der Waals surface area contributed by atoms with Crippen LogP contribution in [0.3, 0.4) is 0 Å². The Labute approximate surface area is 132 Å². The summed E-state index contributed by atoms with van der Waals surface area (Å²) in [4.78, 5) is 19.9. The van der Waals surface area contributed by atoms with E-state index in [1.807, 2.05) is 29.2 Å². The molecule has 0 amide bonds. The Morgan fingerprint density at radius 3 is 2.32 bits per heavy atom. The van der Waals surface area contributed by atoms with Crippen LogP contribution in [0.5, 0.6) is 0 Å². The number of carboxylic acids is 1. The Balaban J connectivity index is 1.99. The van der Waals surface area contributed by atoms with Crippen LogP contribution >= 0.6 is 0 Å². The van der Waals surface area contributed by atoms with Gasteiger partial charge in [-0.3, -0.25) is 14.7 Å². The number of aliphatic carboxylic acids is 1. The number of pyridine rings is 1. The van der Waals surface area contributed by atoms with E-state index < -0.39 is 12.0 Å². The van der Waals surface area contributed by atoms with Gasteiger partial charge in [-0.1, -0.05) is 32.9 Å². The molecule has 0 saturated carbocycles. The van der Waals surface area contributed by atoms with Crippen molar-refractivity contribution < 1.29 is 9.90 Å². The number of nitrogens with zero attached hydrogens (tertiary/aromatic N) is 3. The monoisotopic (exact) mass is 303 g/mol. The maximum Gasteiger partial charge on any atom is 0.324 e. The van der Waals surface area contributed by atoms with Gasteiger partial charge in [0.1, 0.15) is 6.04 Å². The lowest BCUT2D eigenvalue weighted by Crippen LogP contribution is -2.52. The standard InChI is InChI=1S/C17H25N3O2/c1-17(2,3)7-4-15(16(21)22)20-12-10-19(11-13-20)14-5-8-18-9-6-14/h4-9,15H,10-13H2,1-3H3,(H,21,22)/b7-4+/t15-/m1/s1. The minimum Gasteiger partial charge on any atom is -0.480 e. The fraction of sp³-hybridized carbons (Fsp3) is 0.529. The first kappa shape index (κ1) is 16.5. The van der Waals surface area contributed by atoms with E-state index in [-0.39, 0.29) is 5.41 Å². The van der Waals surface area contributed by atoms with Crippen molar-refractivity contribution >= 4 is 11.7 Å². The van der Waals surface area contributed by atoms with Crippen molar-refractivity contribution in [2.75, 3.05) is 31.1 Å². The van der Waals surface area contributed by atoms with Gasteiger partial charge in [0.15, 0.2) is 0 Å². The molecule has 1 aliphatic heterocycles. The fourth-order valence-electron chi connectivity index (χ4n) is 2.55. The van der Waals surface area contributed by atoms with Crippen LogP contribution < -0.4 is 4.90 Å². The van der Waals surface area contributed by atoms with Gasteiger partial charge in [-0.15, -0.1) is 0 Å². The highest BCUT2D eigenvalue weighted by Gasteiger charge is 2.27. The average Bonchev–Trinajstić information content (AvgIpc) is 2.47. The van der Waals surface area contributed by atoms with Gasteiger partial charge in [-0.2, -0.15) is 0 Å². The van der Waals surface area contributed by atoms with Crippen molar-refractivity contribution in [3.05, 3.63) is 36.7 Å². The second kappa shape index (κ2) is 6.92. The second-order valence-corrected chi connectivity index (χ2v) is 6.74. The zero-order valence-electron chi connectivity index (χ0n) is 13.6. The third-order valence-electron chi connectivity index (χ3n) is 3.77. The molecule has 0 radical (unpaired) electrons. The zero-order chi connectivity index (χ0) is 16.2. The molecule has 1 aromatic heterocycles. The maximum atomic E-state index is 11.6. The van der Waals surface area contributed by atoms with E-state index in [0.717, 1.165) is 31.9 Å². The van der Waals surface area contributed by atoms with Gasteiger partial charge < -0.3 is 10.0 Å². The lowest BCUT2D eigenvalue weighted by Gasteiger charge is -2.38. The smallest absolute Gasteiger partial charge is 0.324 e. The fourth-order valence-corrected chi connectivity index (χ4v) is 2.55. The summed E-state index contributed by atoms with van der Waals surface area (Å²) in [7, 11) is 0. The molecule has 0 unspecified atom stereocenters. The van der Waals surface area contributed by atoms with E-state index >= 15 is 0 Å². The maximum absolute atomic E-state index is 11.6. The molecule has 1 fully saturated rings. The topological polar surface area (TPSA) is 56.7 Å². The molecule has 1 N–H and O–H groups in total. The molecule has 120 valence electrons. The Hall–Kier alpha value is -1.88. The van der Waals surface area contributed by atoms with Crippen molar-refractivity contribution in [1.29, 1.82) is 0 Å². The Morgan fingerprint density at radius 1 is 1.23 bits per heavy atom. The van der Waals surface area contributed by atoms with Gasteiger partial charge in [0, 0.05) is 44.3 Å². The van der Waals surface area contributed by atoms with Crippen molar-refractivity contribution in [1.82, 2.24) is 9.88 Å². The Bertz CT molecular complexity index is 514. The van der Waals surface area contributed by atoms with Gasteiger partial charge in [0.25, 0.3) is 0 Å². The number of carbonyl (C=O) groups is 1. The average molecular weight is 303 g/mol. The van der Waals surface area contributed by atoms with Gasteiger partial charge in [0.05, 0.1) is 0 Å². The lowest BCUT2D eigenvalue weighted by molar-refractivity contribution is -0.141. The molecule has 1 aliphatic rings. The number of aromatic nitrogens is 1. The number of anilines is 1. The van der Waals surface area contributed by atoms with Gasteiger partial charge in [-0.25, -0.2) is 0 Å². The summed E-state index contributed by atoms with van der Waals surface area (Å²) in [6.07, 6.45) is 7.38. The summed E-state index contributed by atoms with van der Waals surface area (Å²) in [5.41, 5.74) is 1.14. The Kier molecular flexibility index (Phi) is 5.19. The third kappa shape index (κ3) is 4.56. The summed E-state index contributed by atoms with van der Waals surface area (Å²) < 4.78 is 0. The largest absolute Gasteiger partial charge is 0.480 e. The van der Waals surface area contributed by atoms with Crippen molar-refractivity contribution in [2.24, 2.45) is 5.41 Å². The first-order chi connectivity index (χ1) is 10.4. The number of hydrogen-bond acceptors (Lipinski definition) is 4. The van der Waals surface area contributed by atoms with Crippen molar-refractivity contribution in [3.8, 4) is 0 Å². The minimum atomic E-state index is -0.780. The summed E-state index contributed by atoms with van der Waals surface area (Å²) in [6.45, 7) is 9.37. The highest BCUT2D eigenvalue weighted by atomic mass is 16.4. The highest BCUT2D eigenvalue weighted by molar-refractivity contribution is 5.76. The lowest BCUT2D eigenvalue weighted by atomic mass is 9.95. The molecule has 1 atom stereocenters. The molecular formula is C17H25N3O2. The van der Waals surface area contributed by atoms with Crippen LogP contribution in [0.1, 0.15) is 20.8 Å². The van der Waals surface area contributed by atoms with E-state index in [2.05, 4.69) is 30.7 Å². The molecule has 2 heterocycles. The van der Waals surface area contributed by atoms with Crippen molar-refractivity contribution in [2.45, 2.75) is 26.8 Å². The van der Waals surface area contributed by atoms with Crippen LogP contribution in [0.15, 0.2) is 36.7 Å². The number of hydrogen-bond donors (Lipinski definition) is 1. The predicted octanol–water partition coefficient (Wildman–Crippen LogP) is 2.26. The van der Waals surface area contributed by atoms with E-state index in [4.69, 9.17) is 0 Å². The summed E-state index contributed by atoms with van der Waals surface area (Å²) in [5.74, 6) is -0.780. The molecule has 22 heavy (non-hydrogen) atoms. The molecule has 0 aromatic carbocycles. The molecular weight excluding hydrogens is 278 g/mol. The molecule has 0 spiro atoms. The van der Waals surface area contributed by atoms with Crippen LogP contribution in [0.4, 0.5) is 5.69 Å². The molecule has 2 rings (SSSR count). The molecule has 1 aromatic rings. The SMILES string of the molecule is CC(C)(C)/C=C/[C@H](C(=O)O)N1CCN(c2ccncc2)CC1. The number of piperazine rings is 1. The van der Waals surface area contributed by atoms with Crippen LogP contribution in [0, 0.1) is 5.41 Å². The highest BCUT2D eigenvalue weighted by Crippen LogP contribution is 2.19. The van der Waals surface area contributed by atoms with E-state index in [1.54, 1.807) is 12.4 Å². The van der Waals surface area contributed by atoms with Crippen LogP contribution in [-0.4, -0.2) is 53.2 Å².